The topological polar surface area (TPSA) is 24.5 Å². The Morgan fingerprint density at radius 1 is 1.24 bits per heavy atom. The van der Waals surface area contributed by atoms with E-state index < -0.39 is 0 Å². The van der Waals surface area contributed by atoms with Crippen molar-refractivity contribution in [3.8, 4) is 0 Å². The molecule has 17 heavy (non-hydrogen) atoms. The molecule has 2 unspecified atom stereocenters. The molecule has 0 aromatic rings. The summed E-state index contributed by atoms with van der Waals surface area (Å²) in [5.41, 5.74) is 0. The van der Waals surface area contributed by atoms with Crippen LogP contribution in [0.25, 0.3) is 0 Å². The van der Waals surface area contributed by atoms with Crippen molar-refractivity contribution < 1.29 is 4.74 Å². The number of hydrogen-bond donors (Lipinski definition) is 1. The van der Waals surface area contributed by atoms with Crippen molar-refractivity contribution in [1.29, 1.82) is 0 Å². The zero-order chi connectivity index (χ0) is 11.9. The molecule has 0 bridgehead atoms. The van der Waals surface area contributed by atoms with E-state index in [1.807, 2.05) is 0 Å². The fourth-order valence-electron chi connectivity index (χ4n) is 3.30. The first-order chi connectivity index (χ1) is 8.42. The van der Waals surface area contributed by atoms with Crippen molar-refractivity contribution in [2.45, 2.75) is 45.1 Å². The lowest BCUT2D eigenvalue weighted by Gasteiger charge is -2.34. The first kappa shape index (κ1) is 13.3. The quantitative estimate of drug-likeness (QED) is 0.717. The van der Waals surface area contributed by atoms with Gasteiger partial charge in [0.05, 0.1) is 6.61 Å². The zero-order valence-corrected chi connectivity index (χ0v) is 11.3. The number of nitrogens with one attached hydrogen (secondary N) is 1. The number of piperidine rings is 1. The van der Waals surface area contributed by atoms with Crippen molar-refractivity contribution in [3.05, 3.63) is 0 Å². The average Bonchev–Trinajstić information content (AvgIpc) is 2.84. The molecule has 2 heterocycles. The van der Waals surface area contributed by atoms with Gasteiger partial charge in [-0.15, -0.1) is 0 Å². The largest absolute Gasteiger partial charge is 0.380 e. The SMILES string of the molecule is CCCOCCN1CCCC1C1CCCNC1. The maximum atomic E-state index is 5.62. The van der Waals surface area contributed by atoms with Crippen LogP contribution in [-0.2, 0) is 4.74 Å². The summed E-state index contributed by atoms with van der Waals surface area (Å²) >= 11 is 0. The van der Waals surface area contributed by atoms with Crippen LogP contribution in [0.3, 0.4) is 0 Å². The van der Waals surface area contributed by atoms with E-state index >= 15 is 0 Å². The number of ether oxygens (including phenoxy) is 1. The van der Waals surface area contributed by atoms with Gasteiger partial charge in [0.1, 0.15) is 0 Å². The number of rotatable bonds is 6. The van der Waals surface area contributed by atoms with E-state index in [1.54, 1.807) is 0 Å². The lowest BCUT2D eigenvalue weighted by molar-refractivity contribution is 0.0842. The summed E-state index contributed by atoms with van der Waals surface area (Å²) in [5, 5.41) is 3.55. The second-order valence-corrected chi connectivity index (χ2v) is 5.46. The minimum absolute atomic E-state index is 0.827. The maximum absolute atomic E-state index is 5.62. The van der Waals surface area contributed by atoms with Crippen LogP contribution >= 0.6 is 0 Å². The number of likely N-dealkylation sites (tertiary alicyclic amines) is 1. The van der Waals surface area contributed by atoms with Crippen molar-refractivity contribution in [3.63, 3.8) is 0 Å². The number of nitrogens with zero attached hydrogens (tertiary/aromatic N) is 1. The Balaban J connectivity index is 1.72. The molecule has 0 amide bonds. The highest BCUT2D eigenvalue weighted by Gasteiger charge is 2.31. The molecule has 0 saturated carbocycles. The highest BCUT2D eigenvalue weighted by molar-refractivity contribution is 4.87. The molecule has 0 aromatic heterocycles. The van der Waals surface area contributed by atoms with Crippen LogP contribution in [0.5, 0.6) is 0 Å². The Hall–Kier alpha value is -0.120. The highest BCUT2D eigenvalue weighted by Crippen LogP contribution is 2.27. The van der Waals surface area contributed by atoms with Crippen LogP contribution in [-0.4, -0.2) is 50.3 Å². The van der Waals surface area contributed by atoms with Gasteiger partial charge in [-0.25, -0.2) is 0 Å². The van der Waals surface area contributed by atoms with E-state index in [2.05, 4.69) is 17.1 Å². The van der Waals surface area contributed by atoms with E-state index in [9.17, 15) is 0 Å². The Morgan fingerprint density at radius 3 is 2.94 bits per heavy atom. The predicted octanol–water partition coefficient (Wildman–Crippen LogP) is 1.88. The molecule has 3 heteroatoms. The van der Waals surface area contributed by atoms with E-state index in [0.717, 1.165) is 38.1 Å². The second-order valence-electron chi connectivity index (χ2n) is 5.46. The molecule has 2 aliphatic heterocycles. The third-order valence-electron chi connectivity index (χ3n) is 4.16. The Morgan fingerprint density at radius 2 is 2.18 bits per heavy atom. The summed E-state index contributed by atoms with van der Waals surface area (Å²) in [4.78, 5) is 2.67. The molecule has 3 nitrogen and oxygen atoms in total. The summed E-state index contributed by atoms with van der Waals surface area (Å²) in [6.07, 6.45) is 6.70. The molecule has 1 N–H and O–H groups in total. The molecule has 0 radical (unpaired) electrons. The maximum Gasteiger partial charge on any atom is 0.0593 e. The van der Waals surface area contributed by atoms with Crippen molar-refractivity contribution >= 4 is 0 Å². The summed E-state index contributed by atoms with van der Waals surface area (Å²) in [7, 11) is 0. The van der Waals surface area contributed by atoms with Crippen LogP contribution in [0.4, 0.5) is 0 Å². The van der Waals surface area contributed by atoms with Gasteiger partial charge < -0.3 is 10.1 Å². The number of hydrogen-bond acceptors (Lipinski definition) is 3. The van der Waals surface area contributed by atoms with Crippen LogP contribution in [0.15, 0.2) is 0 Å². The van der Waals surface area contributed by atoms with Crippen LogP contribution < -0.4 is 5.32 Å². The van der Waals surface area contributed by atoms with Gasteiger partial charge in [-0.1, -0.05) is 6.92 Å². The summed E-state index contributed by atoms with van der Waals surface area (Å²) in [6, 6.07) is 0.827. The first-order valence-corrected chi connectivity index (χ1v) is 7.44. The summed E-state index contributed by atoms with van der Waals surface area (Å²) in [5.74, 6) is 0.887. The molecule has 2 rings (SSSR count). The third kappa shape index (κ3) is 3.94. The van der Waals surface area contributed by atoms with Gasteiger partial charge in [0.2, 0.25) is 0 Å². The Labute approximate surface area is 106 Å². The Kier molecular flexibility index (Phi) is 5.75. The normalized spacial score (nSPS) is 30.9. The molecule has 2 fully saturated rings. The monoisotopic (exact) mass is 240 g/mol. The van der Waals surface area contributed by atoms with Gasteiger partial charge in [0, 0.05) is 19.2 Å². The minimum atomic E-state index is 0.827. The summed E-state index contributed by atoms with van der Waals surface area (Å²) in [6.45, 7) is 8.90. The van der Waals surface area contributed by atoms with E-state index in [4.69, 9.17) is 4.74 Å². The van der Waals surface area contributed by atoms with Gasteiger partial charge >= 0.3 is 0 Å². The van der Waals surface area contributed by atoms with Gasteiger partial charge in [-0.2, -0.15) is 0 Å². The van der Waals surface area contributed by atoms with Gasteiger partial charge in [0.15, 0.2) is 0 Å². The second kappa shape index (κ2) is 7.34. The predicted molar refractivity (Wildman–Crippen MR) is 71.3 cm³/mol. The molecule has 2 aliphatic rings. The van der Waals surface area contributed by atoms with Gasteiger partial charge in [-0.05, 0) is 57.7 Å². The van der Waals surface area contributed by atoms with E-state index in [1.165, 1.54) is 45.3 Å². The minimum Gasteiger partial charge on any atom is -0.380 e. The Bertz CT molecular complexity index is 204. The smallest absolute Gasteiger partial charge is 0.0593 e. The molecule has 2 atom stereocenters. The van der Waals surface area contributed by atoms with E-state index in [-0.39, 0.29) is 0 Å². The standard InChI is InChI=1S/C14H28N2O/c1-2-10-17-11-9-16-8-4-6-14(16)13-5-3-7-15-12-13/h13-15H,2-12H2,1H3. The molecular formula is C14H28N2O. The fraction of sp³-hybridized carbons (Fsp3) is 1.00. The van der Waals surface area contributed by atoms with Crippen molar-refractivity contribution in [2.24, 2.45) is 5.92 Å². The third-order valence-corrected chi connectivity index (χ3v) is 4.16. The van der Waals surface area contributed by atoms with Crippen LogP contribution in [0.2, 0.25) is 0 Å². The summed E-state index contributed by atoms with van der Waals surface area (Å²) < 4.78 is 5.62. The zero-order valence-electron chi connectivity index (χ0n) is 11.3. The highest BCUT2D eigenvalue weighted by atomic mass is 16.5. The fourth-order valence-corrected chi connectivity index (χ4v) is 3.30. The van der Waals surface area contributed by atoms with Crippen molar-refractivity contribution in [1.82, 2.24) is 10.2 Å². The van der Waals surface area contributed by atoms with Crippen molar-refractivity contribution in [2.75, 3.05) is 39.4 Å². The molecule has 100 valence electrons. The molecule has 0 aliphatic carbocycles. The molecular weight excluding hydrogens is 212 g/mol. The molecule has 0 spiro atoms. The van der Waals surface area contributed by atoms with Crippen LogP contribution in [0.1, 0.15) is 39.0 Å². The average molecular weight is 240 g/mol. The van der Waals surface area contributed by atoms with Crippen LogP contribution in [0, 0.1) is 5.92 Å². The molecule has 0 aromatic carbocycles. The van der Waals surface area contributed by atoms with Gasteiger partial charge in [-0.3, -0.25) is 4.90 Å². The van der Waals surface area contributed by atoms with Gasteiger partial charge in [0.25, 0.3) is 0 Å². The molecule has 2 saturated heterocycles. The lowest BCUT2D eigenvalue weighted by atomic mass is 9.90. The lowest BCUT2D eigenvalue weighted by Crippen LogP contribution is -2.44. The van der Waals surface area contributed by atoms with E-state index in [0.29, 0.717) is 0 Å². The first-order valence-electron chi connectivity index (χ1n) is 7.44.